The molecule has 1 amide bonds. The molecule has 3 aliphatic rings. The third-order valence-corrected chi connectivity index (χ3v) is 6.21. The van der Waals surface area contributed by atoms with Crippen LogP contribution in [-0.4, -0.2) is 18.3 Å². The van der Waals surface area contributed by atoms with E-state index in [1.807, 2.05) is 36.4 Å². The molecule has 28 heavy (non-hydrogen) atoms. The second-order valence-electron chi connectivity index (χ2n) is 7.91. The molecular formula is C23H26NO3P. The van der Waals surface area contributed by atoms with E-state index in [-0.39, 0.29) is 18.3 Å². The van der Waals surface area contributed by atoms with Gasteiger partial charge in [0.2, 0.25) is 0 Å². The van der Waals surface area contributed by atoms with Gasteiger partial charge in [-0.05, 0) is 79.6 Å². The fraction of sp³-hybridized carbons (Fsp3) is 0.391. The standard InChI is InChI=1S/C23H26NO3P/c1-14(25)13-27-20-11-10-19(23(26)24-17-6-3-7-18(28)12-17)21-15-4-2-5-16(9-8-15)22(20)21/h3,6-7,10-12,15-16H,2,4-5,8-9,13,28H2,1H3,(H,24,26). The molecule has 5 rings (SSSR count). The number of nitrogens with one attached hydrogen (secondary N) is 1. The lowest BCUT2D eigenvalue weighted by molar-refractivity contribution is -0.118. The van der Waals surface area contributed by atoms with Crippen LogP contribution in [0.5, 0.6) is 5.75 Å². The normalized spacial score (nSPS) is 20.2. The van der Waals surface area contributed by atoms with E-state index >= 15 is 0 Å². The van der Waals surface area contributed by atoms with Crippen molar-refractivity contribution in [3.05, 3.63) is 53.1 Å². The summed E-state index contributed by atoms with van der Waals surface area (Å²) in [6.07, 6.45) is 5.66. The Morgan fingerprint density at radius 3 is 2.54 bits per heavy atom. The Kier molecular flexibility index (Phi) is 5.50. The van der Waals surface area contributed by atoms with Crippen molar-refractivity contribution in [3.63, 3.8) is 0 Å². The molecule has 3 atom stereocenters. The van der Waals surface area contributed by atoms with Gasteiger partial charge >= 0.3 is 0 Å². The fourth-order valence-corrected chi connectivity index (χ4v) is 4.97. The molecule has 2 bridgehead atoms. The Hall–Kier alpha value is -2.19. The first-order valence-corrected chi connectivity index (χ1v) is 10.6. The number of Topliss-reactive ketones (excluding diaryl/α,β-unsaturated/α-hetero) is 1. The average Bonchev–Trinajstić information content (AvgIpc) is 3.01. The molecule has 2 aromatic rings. The molecule has 3 aliphatic carbocycles. The Morgan fingerprint density at radius 1 is 1.07 bits per heavy atom. The summed E-state index contributed by atoms with van der Waals surface area (Å²) < 4.78 is 5.86. The van der Waals surface area contributed by atoms with Gasteiger partial charge in [0.25, 0.3) is 5.91 Å². The largest absolute Gasteiger partial charge is 0.486 e. The number of carbonyl (C=O) groups is 2. The SMILES string of the molecule is CC(=O)COc1ccc(C(=O)Nc2cccc(P)c2)c2c1C1CCCC2CC1. The average molecular weight is 395 g/mol. The number of rotatable bonds is 5. The number of carbonyl (C=O) groups excluding carboxylic acids is 2. The maximum absolute atomic E-state index is 13.2. The molecule has 1 fully saturated rings. The molecule has 1 saturated carbocycles. The highest BCUT2D eigenvalue weighted by atomic mass is 31.0. The van der Waals surface area contributed by atoms with Crippen molar-refractivity contribution in [2.24, 2.45) is 0 Å². The molecule has 3 unspecified atom stereocenters. The van der Waals surface area contributed by atoms with E-state index in [0.29, 0.717) is 11.8 Å². The van der Waals surface area contributed by atoms with Gasteiger partial charge in [0.05, 0.1) is 0 Å². The molecule has 0 radical (unpaired) electrons. The van der Waals surface area contributed by atoms with Crippen molar-refractivity contribution in [1.29, 1.82) is 0 Å². The molecular weight excluding hydrogens is 369 g/mol. The number of benzene rings is 2. The number of amides is 1. The molecule has 0 heterocycles. The van der Waals surface area contributed by atoms with E-state index in [9.17, 15) is 9.59 Å². The minimum absolute atomic E-state index is 0.00617. The van der Waals surface area contributed by atoms with Crippen LogP contribution in [0.25, 0.3) is 0 Å². The van der Waals surface area contributed by atoms with Crippen molar-refractivity contribution in [2.75, 3.05) is 11.9 Å². The molecule has 0 saturated heterocycles. The Morgan fingerprint density at radius 2 is 1.82 bits per heavy atom. The number of fused-ring (bicyclic) bond motifs is 3. The Labute approximate surface area is 168 Å². The lowest BCUT2D eigenvalue weighted by Crippen LogP contribution is -2.21. The van der Waals surface area contributed by atoms with E-state index in [0.717, 1.165) is 53.6 Å². The van der Waals surface area contributed by atoms with Gasteiger partial charge < -0.3 is 10.1 Å². The second-order valence-corrected chi connectivity index (χ2v) is 8.58. The lowest BCUT2D eigenvalue weighted by atomic mass is 9.75. The molecule has 0 aromatic heterocycles. The zero-order valence-electron chi connectivity index (χ0n) is 16.2. The highest BCUT2D eigenvalue weighted by Crippen LogP contribution is 2.51. The van der Waals surface area contributed by atoms with Gasteiger partial charge in [-0.3, -0.25) is 9.59 Å². The predicted molar refractivity (Wildman–Crippen MR) is 115 cm³/mol. The first-order valence-electron chi connectivity index (χ1n) is 9.99. The van der Waals surface area contributed by atoms with Crippen molar-refractivity contribution in [1.82, 2.24) is 0 Å². The van der Waals surface area contributed by atoms with Gasteiger partial charge in [-0.25, -0.2) is 0 Å². The molecule has 146 valence electrons. The zero-order chi connectivity index (χ0) is 19.7. The number of hydrogen-bond donors (Lipinski definition) is 1. The highest BCUT2D eigenvalue weighted by molar-refractivity contribution is 7.27. The van der Waals surface area contributed by atoms with E-state index in [2.05, 4.69) is 14.6 Å². The number of ether oxygens (including phenoxy) is 1. The first kappa shape index (κ1) is 19.1. The molecule has 0 aliphatic heterocycles. The van der Waals surface area contributed by atoms with E-state index in [1.54, 1.807) is 0 Å². The summed E-state index contributed by atoms with van der Waals surface area (Å²) in [4.78, 5) is 24.6. The number of hydrogen-bond acceptors (Lipinski definition) is 3. The lowest BCUT2D eigenvalue weighted by Gasteiger charge is -2.31. The van der Waals surface area contributed by atoms with E-state index in [4.69, 9.17) is 4.74 Å². The molecule has 5 heteroatoms. The van der Waals surface area contributed by atoms with Crippen LogP contribution in [-0.2, 0) is 4.79 Å². The summed E-state index contributed by atoms with van der Waals surface area (Å²) in [6.45, 7) is 1.61. The summed E-state index contributed by atoms with van der Waals surface area (Å²) >= 11 is 0. The summed E-state index contributed by atoms with van der Waals surface area (Å²) in [5, 5.41) is 4.08. The predicted octanol–water partition coefficient (Wildman–Crippen LogP) is 4.55. The van der Waals surface area contributed by atoms with Crippen molar-refractivity contribution >= 4 is 31.9 Å². The van der Waals surface area contributed by atoms with Crippen LogP contribution in [0.1, 0.15) is 72.3 Å². The third kappa shape index (κ3) is 3.84. The summed E-state index contributed by atoms with van der Waals surface area (Å²) in [5.41, 5.74) is 3.86. The van der Waals surface area contributed by atoms with Crippen LogP contribution in [0.4, 0.5) is 5.69 Å². The quantitative estimate of drug-likeness (QED) is 0.756. The Bertz CT molecular complexity index is 920. The van der Waals surface area contributed by atoms with E-state index in [1.165, 1.54) is 18.9 Å². The topological polar surface area (TPSA) is 55.4 Å². The summed E-state index contributed by atoms with van der Waals surface area (Å²) in [7, 11) is 2.65. The van der Waals surface area contributed by atoms with Crippen LogP contribution in [0, 0.1) is 0 Å². The van der Waals surface area contributed by atoms with Crippen LogP contribution in [0.3, 0.4) is 0 Å². The van der Waals surface area contributed by atoms with Crippen molar-refractivity contribution in [2.45, 2.75) is 50.9 Å². The number of anilines is 1. The van der Waals surface area contributed by atoms with Gasteiger partial charge in [0, 0.05) is 16.8 Å². The van der Waals surface area contributed by atoms with Crippen LogP contribution in [0.15, 0.2) is 36.4 Å². The van der Waals surface area contributed by atoms with Gasteiger partial charge in [0.15, 0.2) is 5.78 Å². The third-order valence-electron chi connectivity index (χ3n) is 5.85. The maximum atomic E-state index is 13.2. The van der Waals surface area contributed by atoms with Gasteiger partial charge in [-0.15, -0.1) is 9.24 Å². The molecule has 1 N–H and O–H groups in total. The Balaban J connectivity index is 1.73. The van der Waals surface area contributed by atoms with Gasteiger partial charge in [0.1, 0.15) is 12.4 Å². The van der Waals surface area contributed by atoms with Crippen molar-refractivity contribution in [3.8, 4) is 5.75 Å². The van der Waals surface area contributed by atoms with Crippen LogP contribution < -0.4 is 15.4 Å². The fourth-order valence-electron chi connectivity index (χ4n) is 4.67. The smallest absolute Gasteiger partial charge is 0.255 e. The van der Waals surface area contributed by atoms with Crippen LogP contribution >= 0.6 is 9.24 Å². The summed E-state index contributed by atoms with van der Waals surface area (Å²) in [6, 6.07) is 11.5. The summed E-state index contributed by atoms with van der Waals surface area (Å²) in [5.74, 6) is 1.52. The highest BCUT2D eigenvalue weighted by Gasteiger charge is 2.36. The second kappa shape index (κ2) is 8.05. The minimum Gasteiger partial charge on any atom is -0.486 e. The minimum atomic E-state index is -0.0717. The zero-order valence-corrected chi connectivity index (χ0v) is 17.3. The van der Waals surface area contributed by atoms with E-state index < -0.39 is 0 Å². The van der Waals surface area contributed by atoms with Crippen molar-refractivity contribution < 1.29 is 14.3 Å². The molecule has 2 aromatic carbocycles. The monoisotopic (exact) mass is 395 g/mol. The number of ketones is 1. The molecule has 0 spiro atoms. The maximum Gasteiger partial charge on any atom is 0.255 e. The first-order chi connectivity index (χ1) is 13.5. The van der Waals surface area contributed by atoms with Gasteiger partial charge in [-0.1, -0.05) is 18.6 Å². The van der Waals surface area contributed by atoms with Crippen LogP contribution in [0.2, 0.25) is 0 Å². The molecule has 4 nitrogen and oxygen atoms in total. The van der Waals surface area contributed by atoms with Gasteiger partial charge in [-0.2, -0.15) is 0 Å².